The first-order valence-electron chi connectivity index (χ1n) is 8.17. The van der Waals surface area contributed by atoms with Crippen molar-refractivity contribution in [1.29, 1.82) is 0 Å². The zero-order valence-corrected chi connectivity index (χ0v) is 16.4. The molecule has 7 nitrogen and oxygen atoms in total. The van der Waals surface area contributed by atoms with Crippen LogP contribution in [-0.4, -0.2) is 34.6 Å². The number of esters is 1. The van der Waals surface area contributed by atoms with Gasteiger partial charge in [-0.05, 0) is 30.7 Å². The number of methoxy groups -OCH3 is 1. The number of hydrogen-bond acceptors (Lipinski definition) is 7. The van der Waals surface area contributed by atoms with E-state index in [2.05, 4.69) is 5.32 Å². The molecule has 0 radical (unpaired) electrons. The number of fused-ring (bicyclic) bond motifs is 2. The summed E-state index contributed by atoms with van der Waals surface area (Å²) in [6.07, 6.45) is 0. The van der Waals surface area contributed by atoms with Crippen LogP contribution in [0.1, 0.15) is 21.5 Å². The molecule has 0 aromatic heterocycles. The predicted molar refractivity (Wildman–Crippen MR) is 102 cm³/mol. The van der Waals surface area contributed by atoms with Crippen LogP contribution >= 0.6 is 11.6 Å². The minimum absolute atomic E-state index is 0.0633. The molecule has 1 heterocycles. The van der Waals surface area contributed by atoms with Gasteiger partial charge in [-0.25, -0.2) is 13.2 Å². The summed E-state index contributed by atoms with van der Waals surface area (Å²) in [6, 6.07) is 6.14. The molecule has 0 atom stereocenters. The second kappa shape index (κ2) is 7.38. The normalized spacial score (nSPS) is 14.4. The molecule has 0 aliphatic carbocycles. The number of ether oxygens (including phenoxy) is 2. The first kappa shape index (κ1) is 19.5. The Hall–Kier alpha value is -2.29. The van der Waals surface area contributed by atoms with Gasteiger partial charge in [-0.1, -0.05) is 17.7 Å². The highest BCUT2D eigenvalue weighted by Crippen LogP contribution is 2.45. The summed E-state index contributed by atoms with van der Waals surface area (Å²) in [6.45, 7) is 2.59. The number of nitrogens with two attached hydrogens (primary N) is 1. The molecule has 0 amide bonds. The molecular weight excluding hydrogens is 392 g/mol. The Labute approximate surface area is 162 Å². The second-order valence-electron chi connectivity index (χ2n) is 6.10. The van der Waals surface area contributed by atoms with Crippen molar-refractivity contribution in [1.82, 2.24) is 0 Å². The number of nitrogens with one attached hydrogen (secondary N) is 1. The number of carbonyl (C=O) groups excluding carboxylic acids is 1. The van der Waals surface area contributed by atoms with E-state index < -0.39 is 15.8 Å². The Morgan fingerprint density at radius 1 is 1.33 bits per heavy atom. The van der Waals surface area contributed by atoms with E-state index in [0.717, 1.165) is 0 Å². The van der Waals surface area contributed by atoms with Crippen LogP contribution in [0.5, 0.6) is 11.5 Å². The van der Waals surface area contributed by atoms with Gasteiger partial charge in [0.2, 0.25) is 0 Å². The van der Waals surface area contributed by atoms with Crippen LogP contribution in [-0.2, 0) is 20.3 Å². The molecule has 144 valence electrons. The average molecular weight is 411 g/mol. The van der Waals surface area contributed by atoms with Crippen molar-refractivity contribution in [3.63, 3.8) is 0 Å². The zero-order chi connectivity index (χ0) is 19.8. The van der Waals surface area contributed by atoms with Crippen molar-refractivity contribution in [3.05, 3.63) is 46.0 Å². The van der Waals surface area contributed by atoms with Crippen LogP contribution in [0.4, 0.5) is 5.69 Å². The molecule has 3 rings (SSSR count). The highest BCUT2D eigenvalue weighted by molar-refractivity contribution is 7.90. The summed E-state index contributed by atoms with van der Waals surface area (Å²) in [5.74, 6) is -0.491. The highest BCUT2D eigenvalue weighted by Gasteiger charge is 2.31. The number of anilines is 1. The number of sulfone groups is 1. The molecular formula is C18H19ClN2O5S. The maximum absolute atomic E-state index is 12.9. The molecule has 0 fully saturated rings. The molecule has 1 aliphatic heterocycles. The Kier molecular flexibility index (Phi) is 5.32. The number of halogens is 1. The Morgan fingerprint density at radius 3 is 2.74 bits per heavy atom. The molecule has 3 N–H and O–H groups in total. The van der Waals surface area contributed by atoms with Crippen LogP contribution in [0.15, 0.2) is 29.2 Å². The summed E-state index contributed by atoms with van der Waals surface area (Å²) in [4.78, 5) is 11.8. The summed E-state index contributed by atoms with van der Waals surface area (Å²) >= 11 is 6.45. The number of benzene rings is 2. The van der Waals surface area contributed by atoms with Crippen molar-refractivity contribution < 1.29 is 22.7 Å². The average Bonchev–Trinajstić information content (AvgIpc) is 2.75. The second-order valence-corrected chi connectivity index (χ2v) is 8.44. The summed E-state index contributed by atoms with van der Waals surface area (Å²) in [5.41, 5.74) is 7.17. The first-order chi connectivity index (χ1) is 12.8. The molecule has 0 bridgehead atoms. The van der Waals surface area contributed by atoms with Crippen molar-refractivity contribution in [2.24, 2.45) is 5.73 Å². The van der Waals surface area contributed by atoms with Gasteiger partial charge in [-0.2, -0.15) is 0 Å². The zero-order valence-electron chi connectivity index (χ0n) is 14.8. The van der Waals surface area contributed by atoms with Gasteiger partial charge in [0, 0.05) is 18.7 Å². The number of rotatable bonds is 4. The standard InChI is InChI=1S/C18H19ClN2O5S/c1-10-7-12(18(22)25-2)8-14-16(10)26-17-11(9-27(14,23)24)3-4-13(15(17)19)21-6-5-20/h3-4,7-8,21H,5-6,9,20H2,1-2H3. The lowest BCUT2D eigenvalue weighted by atomic mass is 10.1. The van der Waals surface area contributed by atoms with Gasteiger partial charge < -0.3 is 20.5 Å². The van der Waals surface area contributed by atoms with E-state index in [1.165, 1.54) is 19.2 Å². The third-order valence-corrected chi connectivity index (χ3v) is 6.22. The number of carbonyl (C=O) groups is 1. The minimum Gasteiger partial charge on any atom is -0.465 e. The van der Waals surface area contributed by atoms with Crippen molar-refractivity contribution >= 4 is 33.1 Å². The monoisotopic (exact) mass is 410 g/mol. The maximum Gasteiger partial charge on any atom is 0.337 e. The van der Waals surface area contributed by atoms with Crippen LogP contribution in [0, 0.1) is 6.92 Å². The Bertz CT molecular complexity index is 1020. The van der Waals surface area contributed by atoms with E-state index >= 15 is 0 Å². The van der Waals surface area contributed by atoms with Gasteiger partial charge in [0.1, 0.15) is 15.7 Å². The lowest BCUT2D eigenvalue weighted by molar-refractivity contribution is 0.0600. The number of aryl methyl sites for hydroxylation is 1. The highest BCUT2D eigenvalue weighted by atomic mass is 35.5. The van der Waals surface area contributed by atoms with Gasteiger partial charge in [0.05, 0.1) is 24.1 Å². The molecule has 2 aromatic rings. The van der Waals surface area contributed by atoms with E-state index in [4.69, 9.17) is 26.8 Å². The van der Waals surface area contributed by atoms with E-state index in [-0.39, 0.29) is 32.7 Å². The number of hydrogen-bond donors (Lipinski definition) is 2. The third-order valence-electron chi connectivity index (χ3n) is 4.18. The first-order valence-corrected chi connectivity index (χ1v) is 10.2. The molecule has 0 spiro atoms. The van der Waals surface area contributed by atoms with Gasteiger partial charge >= 0.3 is 5.97 Å². The van der Waals surface area contributed by atoms with Gasteiger partial charge in [-0.3, -0.25) is 0 Å². The van der Waals surface area contributed by atoms with Gasteiger partial charge in [0.15, 0.2) is 15.6 Å². The lowest BCUT2D eigenvalue weighted by Crippen LogP contribution is -2.13. The van der Waals surface area contributed by atoms with Crippen LogP contribution in [0.3, 0.4) is 0 Å². The fourth-order valence-electron chi connectivity index (χ4n) is 2.89. The molecule has 0 saturated carbocycles. The van der Waals surface area contributed by atoms with E-state index in [1.54, 1.807) is 19.1 Å². The maximum atomic E-state index is 12.9. The minimum atomic E-state index is -3.76. The molecule has 9 heteroatoms. The van der Waals surface area contributed by atoms with Crippen molar-refractivity contribution in [2.75, 3.05) is 25.5 Å². The molecule has 0 saturated heterocycles. The Morgan fingerprint density at radius 2 is 2.07 bits per heavy atom. The summed E-state index contributed by atoms with van der Waals surface area (Å²) < 4.78 is 36.5. The van der Waals surface area contributed by atoms with Gasteiger partial charge in [0.25, 0.3) is 0 Å². The third kappa shape index (κ3) is 3.60. The van der Waals surface area contributed by atoms with Gasteiger partial charge in [-0.15, -0.1) is 0 Å². The molecule has 2 aromatic carbocycles. The van der Waals surface area contributed by atoms with Crippen LogP contribution in [0.2, 0.25) is 5.02 Å². The van der Waals surface area contributed by atoms with E-state index in [1.807, 2.05) is 0 Å². The molecule has 0 unspecified atom stereocenters. The fourth-order valence-corrected chi connectivity index (χ4v) is 4.76. The van der Waals surface area contributed by atoms with Crippen molar-refractivity contribution in [2.45, 2.75) is 17.6 Å². The van der Waals surface area contributed by atoms with Crippen LogP contribution in [0.25, 0.3) is 0 Å². The summed E-state index contributed by atoms with van der Waals surface area (Å²) in [7, 11) is -2.52. The quantitative estimate of drug-likeness (QED) is 0.746. The molecule has 1 aliphatic rings. The summed E-state index contributed by atoms with van der Waals surface area (Å²) in [5, 5.41) is 3.35. The largest absolute Gasteiger partial charge is 0.465 e. The SMILES string of the molecule is COC(=O)c1cc(C)c2c(c1)S(=O)(=O)Cc1ccc(NCCN)c(Cl)c1O2. The van der Waals surface area contributed by atoms with Crippen molar-refractivity contribution in [3.8, 4) is 11.5 Å². The topological polar surface area (TPSA) is 108 Å². The molecule has 27 heavy (non-hydrogen) atoms. The smallest absolute Gasteiger partial charge is 0.337 e. The lowest BCUT2D eigenvalue weighted by Gasteiger charge is -2.15. The predicted octanol–water partition coefficient (Wildman–Crippen LogP) is 2.89. The van der Waals surface area contributed by atoms with Crippen LogP contribution < -0.4 is 15.8 Å². The fraction of sp³-hybridized carbons (Fsp3) is 0.278. The van der Waals surface area contributed by atoms with E-state index in [0.29, 0.717) is 29.9 Å². The Balaban J connectivity index is 2.18. The van der Waals surface area contributed by atoms with E-state index in [9.17, 15) is 13.2 Å².